The Labute approximate surface area is 571 Å². The lowest BCUT2D eigenvalue weighted by molar-refractivity contribution is -0.142. The van der Waals surface area contributed by atoms with E-state index in [1.165, 1.54) is 18.7 Å². The zero-order valence-corrected chi connectivity index (χ0v) is 55.9. The van der Waals surface area contributed by atoms with Crippen LogP contribution >= 0.6 is 33.2 Å². The van der Waals surface area contributed by atoms with Crippen molar-refractivity contribution in [3.63, 3.8) is 0 Å². The van der Waals surface area contributed by atoms with E-state index in [4.69, 9.17) is 40.3 Å². The first-order valence-electron chi connectivity index (χ1n) is 31.4. The number of aromatic amines is 1. The van der Waals surface area contributed by atoms with E-state index in [1.54, 1.807) is 54.7 Å². The monoisotopic (exact) mass is 1390 g/mol. The number of nitrogens with one attached hydrogen (secondary N) is 10. The Morgan fingerprint density at radius 3 is 1.94 bits per heavy atom. The van der Waals surface area contributed by atoms with Crippen molar-refractivity contribution in [1.82, 2.24) is 57.7 Å². The van der Waals surface area contributed by atoms with Crippen molar-refractivity contribution in [3.05, 3.63) is 119 Å². The molecule has 97 heavy (non-hydrogen) atoms. The number of amides is 11. The first-order valence-corrected chi connectivity index (χ1v) is 34.3. The van der Waals surface area contributed by atoms with Crippen LogP contribution in [0.1, 0.15) is 69.1 Å². The summed E-state index contributed by atoms with van der Waals surface area (Å²) in [7, 11) is 2.04. The molecule has 0 radical (unpaired) electrons. The van der Waals surface area contributed by atoms with E-state index in [0.717, 1.165) is 37.9 Å². The maximum absolute atomic E-state index is 14.9. The summed E-state index contributed by atoms with van der Waals surface area (Å²) in [6, 6.07) is 13.5. The van der Waals surface area contributed by atoms with Gasteiger partial charge in [-0.2, -0.15) is 0 Å². The molecule has 0 unspecified atom stereocenters. The lowest BCUT2D eigenvalue weighted by Gasteiger charge is -2.30. The van der Waals surface area contributed by atoms with Crippen LogP contribution < -0.4 is 76.5 Å². The van der Waals surface area contributed by atoms with Crippen LogP contribution in [-0.4, -0.2) is 190 Å². The van der Waals surface area contributed by atoms with Gasteiger partial charge in [0.15, 0.2) is 11.9 Å². The molecule has 520 valence electrons. The molecule has 11 amide bonds. The maximum atomic E-state index is 14.9. The number of nitrogens with zero attached hydrogens (tertiary/aromatic N) is 3. The highest BCUT2D eigenvalue weighted by Gasteiger charge is 2.40. The second-order valence-corrected chi connectivity index (χ2v) is 26.4. The maximum Gasteiger partial charge on any atom is 0.245 e. The van der Waals surface area contributed by atoms with Gasteiger partial charge in [0.05, 0.1) is 6.61 Å². The molecule has 3 heterocycles. The number of likely N-dealkylation sites (tertiary alicyclic amines) is 1. The van der Waals surface area contributed by atoms with Gasteiger partial charge in [0.1, 0.15) is 60.4 Å². The average Bonchev–Trinajstić information content (AvgIpc) is 1.81. The van der Waals surface area contributed by atoms with Crippen molar-refractivity contribution in [2.75, 3.05) is 37.7 Å². The third kappa shape index (κ3) is 22.5. The van der Waals surface area contributed by atoms with E-state index >= 15 is 0 Å². The molecule has 2 fully saturated rings. The number of carbonyl (C=O) groups excluding carboxylic acids is 11. The summed E-state index contributed by atoms with van der Waals surface area (Å²) in [5.41, 5.74) is 30.1. The molecule has 7 rings (SSSR count). The highest BCUT2D eigenvalue weighted by Crippen LogP contribution is 2.26. The topological polar surface area (TPSA) is 490 Å². The molecular formula is C64H83ClN18O12S2. The smallest absolute Gasteiger partial charge is 0.245 e. The summed E-state index contributed by atoms with van der Waals surface area (Å²) < 4.78 is 0. The van der Waals surface area contributed by atoms with Crippen LogP contribution in [0.25, 0.3) is 21.7 Å². The average molecular weight is 1400 g/mol. The molecule has 10 atom stereocenters. The molecular weight excluding hydrogens is 1310 g/mol. The van der Waals surface area contributed by atoms with Gasteiger partial charge in [0.2, 0.25) is 65.0 Å². The Bertz CT molecular complexity index is 3720. The van der Waals surface area contributed by atoms with Gasteiger partial charge in [0.25, 0.3) is 0 Å². The van der Waals surface area contributed by atoms with Crippen LogP contribution in [-0.2, 0) is 72.0 Å². The van der Waals surface area contributed by atoms with E-state index in [0.29, 0.717) is 33.5 Å². The number of aliphatic hydroxyl groups is 1. The molecule has 0 saturated carbocycles. The number of halogens is 1. The second kappa shape index (κ2) is 36.5. The minimum Gasteiger partial charge on any atom is -0.394 e. The SMILES string of the molecule is CC(=O)N[C@H](Cc1ccc2ccccc2c1)C(=O)N[C@@H](Cc1ccc(Cl)cc1)C(=O)N[C@H](Cc1c[nH]c2ccccc12)C(=O)N[C@@H](CO)C(=O)N[C@H]1CSSC[C@@H](C(=O)N[C@@H](CCCN=C(N)N)C(=O)N2CCC[C@@H]2C(=O)N[C@@H](C)C(N)=O)NC(=O)[C@H](CCCN=C(N)N)NC1=O. The zero-order valence-electron chi connectivity index (χ0n) is 53.5. The number of rotatable bonds is 30. The number of benzene rings is 4. The van der Waals surface area contributed by atoms with Crippen molar-refractivity contribution in [1.29, 1.82) is 0 Å². The standard InChI is InChI=1S/C64H83ClN18O12S2/c1-34(53(66)86)74-61(94)52-16-9-25-83(52)62(95)45(15-8-24-72-64(69)70)77-60(93)51-33-97-96-32-50(59(92)76-44(54(87)81-51)14-7-23-71-63(67)68)82-58(91)49(31-84)80-57(90)48(29-40-30-73-43-13-6-5-12-42(40)43)79-56(89)47(27-36-18-21-41(65)22-19-36)78-55(88)46(75-35(2)85)28-37-17-20-38-10-3-4-11-39(38)26-37/h3-6,10-13,17-22,26,30,34,44-52,73,84H,7-9,14-16,23-25,27-29,31-33H2,1-2H3,(H2,66,86)(H,74,94)(H,75,85)(H,76,92)(H,77,93)(H,78,88)(H,79,89)(H,80,90)(H,81,87)(H,82,91)(H4,67,68,71)(H4,69,70,72)/t34-,44-,45-,46+,47-,48+,49-,50-,51-,52+/m0/s1. The molecule has 2 saturated heterocycles. The minimum absolute atomic E-state index is 0.0153. The third-order valence-electron chi connectivity index (χ3n) is 16.1. The van der Waals surface area contributed by atoms with Gasteiger partial charge in [-0.25, -0.2) is 0 Å². The van der Waals surface area contributed by atoms with Crippen LogP contribution in [0.3, 0.4) is 0 Å². The van der Waals surface area contributed by atoms with Crippen molar-refractivity contribution in [2.24, 2.45) is 38.7 Å². The highest BCUT2D eigenvalue weighted by atomic mass is 35.5. The molecule has 2 aliphatic heterocycles. The number of hydrogen-bond acceptors (Lipinski definition) is 16. The Kier molecular flexibility index (Phi) is 28.1. The van der Waals surface area contributed by atoms with E-state index in [9.17, 15) is 57.8 Å². The van der Waals surface area contributed by atoms with Gasteiger partial charge >= 0.3 is 0 Å². The summed E-state index contributed by atoms with van der Waals surface area (Å²) in [4.78, 5) is 166. The Morgan fingerprint density at radius 2 is 1.27 bits per heavy atom. The molecule has 1 aromatic heterocycles. The predicted molar refractivity (Wildman–Crippen MR) is 369 cm³/mol. The Morgan fingerprint density at radius 1 is 0.660 bits per heavy atom. The van der Waals surface area contributed by atoms with Gasteiger partial charge in [-0.3, -0.25) is 62.7 Å². The Balaban J connectivity index is 1.10. The largest absolute Gasteiger partial charge is 0.394 e. The van der Waals surface area contributed by atoms with Crippen LogP contribution in [0.4, 0.5) is 0 Å². The fraction of sp³-hybridized carbons (Fsp3) is 0.422. The summed E-state index contributed by atoms with van der Waals surface area (Å²) in [6.45, 7) is 1.85. The molecule has 21 N–H and O–H groups in total. The van der Waals surface area contributed by atoms with Crippen LogP contribution in [0.15, 0.2) is 107 Å². The number of guanidine groups is 2. The first kappa shape index (κ1) is 74.7. The number of fused-ring (bicyclic) bond motifs is 2. The zero-order chi connectivity index (χ0) is 70.3. The van der Waals surface area contributed by atoms with Crippen molar-refractivity contribution >= 4 is 132 Å². The fourth-order valence-electron chi connectivity index (χ4n) is 11.0. The highest BCUT2D eigenvalue weighted by molar-refractivity contribution is 8.76. The molecule has 0 aliphatic carbocycles. The van der Waals surface area contributed by atoms with E-state index < -0.39 is 132 Å². The predicted octanol–water partition coefficient (Wildman–Crippen LogP) is -1.62. The number of aromatic nitrogens is 1. The van der Waals surface area contributed by atoms with Gasteiger partial charge in [-0.15, -0.1) is 0 Å². The first-order chi connectivity index (χ1) is 46.4. The summed E-state index contributed by atoms with van der Waals surface area (Å²) in [6.07, 6.45) is 2.22. The van der Waals surface area contributed by atoms with E-state index in [1.807, 2.05) is 42.5 Å². The number of hydrogen-bond donors (Lipinski definition) is 16. The van der Waals surface area contributed by atoms with E-state index in [2.05, 4.69) is 62.8 Å². The number of primary amides is 1. The summed E-state index contributed by atoms with van der Waals surface area (Å²) in [5.74, 6) is -9.52. The van der Waals surface area contributed by atoms with Crippen molar-refractivity contribution in [3.8, 4) is 0 Å². The van der Waals surface area contributed by atoms with Crippen molar-refractivity contribution in [2.45, 2.75) is 132 Å². The van der Waals surface area contributed by atoms with Crippen LogP contribution in [0, 0.1) is 0 Å². The van der Waals surface area contributed by atoms with Gasteiger partial charge < -0.3 is 91.5 Å². The second-order valence-electron chi connectivity index (χ2n) is 23.4. The number of H-pyrrole nitrogens is 1. The quantitative estimate of drug-likeness (QED) is 0.0106. The lowest BCUT2D eigenvalue weighted by Crippen LogP contribution is -2.61. The molecule has 0 spiro atoms. The summed E-state index contributed by atoms with van der Waals surface area (Å²) in [5, 5.41) is 37.8. The van der Waals surface area contributed by atoms with Gasteiger partial charge in [-0.1, -0.05) is 106 Å². The molecule has 30 nitrogen and oxygen atoms in total. The molecule has 5 aromatic rings. The van der Waals surface area contributed by atoms with Gasteiger partial charge in [0, 0.05) is 79.4 Å². The number of nitrogens with two attached hydrogens (primary N) is 5. The van der Waals surface area contributed by atoms with Gasteiger partial charge in [-0.05, 0) is 91.1 Å². The van der Waals surface area contributed by atoms with Crippen LogP contribution in [0.2, 0.25) is 5.02 Å². The summed E-state index contributed by atoms with van der Waals surface area (Å²) >= 11 is 6.24. The van der Waals surface area contributed by atoms with E-state index in [-0.39, 0.29) is 94.4 Å². The number of aliphatic imine (C=N–C) groups is 2. The molecule has 4 aromatic carbocycles. The number of para-hydroxylation sites is 1. The number of aliphatic hydroxyl groups excluding tert-OH is 1. The number of carbonyl (C=O) groups is 11. The molecule has 0 bridgehead atoms. The third-order valence-corrected chi connectivity index (χ3v) is 18.7. The Hall–Kier alpha value is -9.66. The van der Waals surface area contributed by atoms with Crippen LogP contribution in [0.5, 0.6) is 0 Å². The van der Waals surface area contributed by atoms with Crippen molar-refractivity contribution < 1.29 is 57.8 Å². The molecule has 33 heteroatoms. The molecule has 2 aliphatic rings. The minimum atomic E-state index is -1.78. The lowest BCUT2D eigenvalue weighted by atomic mass is 9.99. The fourth-order valence-corrected chi connectivity index (χ4v) is 13.4. The normalized spacial score (nSPS) is 18.3.